The highest BCUT2D eigenvalue weighted by molar-refractivity contribution is 6.32. The molecule has 1 aromatic rings. The molecule has 0 saturated heterocycles. The van der Waals surface area contributed by atoms with Gasteiger partial charge in [0, 0.05) is 0 Å². The van der Waals surface area contributed by atoms with E-state index in [1.807, 2.05) is 0 Å². The molecule has 1 aliphatic heterocycles. The molecule has 0 atom stereocenters. The molecule has 0 amide bonds. The van der Waals surface area contributed by atoms with Crippen LogP contribution in [0.25, 0.3) is 0 Å². The second-order valence-electron chi connectivity index (χ2n) is 2.95. The zero-order chi connectivity index (χ0) is 11.5. The quantitative estimate of drug-likeness (QED) is 0.759. The summed E-state index contributed by atoms with van der Waals surface area (Å²) in [5, 5.41) is 0.227. The molecule has 0 N–H and O–H groups in total. The van der Waals surface area contributed by atoms with Crippen molar-refractivity contribution in [2.45, 2.75) is 6.29 Å². The van der Waals surface area contributed by atoms with E-state index in [4.69, 9.17) is 25.8 Å². The van der Waals surface area contributed by atoms with Crippen molar-refractivity contribution in [1.29, 1.82) is 0 Å². The Bertz CT molecular complexity index is 439. The Morgan fingerprint density at radius 3 is 2.75 bits per heavy atom. The fraction of sp³-hybridized carbons (Fsp3) is 0.200. The molecule has 0 aliphatic carbocycles. The van der Waals surface area contributed by atoms with E-state index in [-0.39, 0.29) is 16.6 Å². The Kier molecular flexibility index (Phi) is 2.96. The minimum atomic E-state index is -0.638. The molecule has 0 fully saturated rings. The lowest BCUT2D eigenvalue weighted by atomic mass is 10.2. The smallest absolute Gasteiger partial charge is 0.271 e. The first-order valence-electron chi connectivity index (χ1n) is 4.42. The normalized spacial score (nSPS) is 14.4. The molecule has 0 unspecified atom stereocenters. The van der Waals surface area contributed by atoms with Crippen molar-refractivity contribution < 1.29 is 19.0 Å². The molecule has 16 heavy (non-hydrogen) atoms. The Labute approximate surface area is 96.6 Å². The lowest BCUT2D eigenvalue weighted by molar-refractivity contribution is -0.0265. The number of halogens is 1. The van der Waals surface area contributed by atoms with Crippen LogP contribution < -0.4 is 4.74 Å². The van der Waals surface area contributed by atoms with Crippen molar-refractivity contribution in [2.75, 3.05) is 7.11 Å². The summed E-state index contributed by atoms with van der Waals surface area (Å²) in [5.74, 6) is 0.250. The van der Waals surface area contributed by atoms with Crippen LogP contribution in [0.1, 0.15) is 22.3 Å². The van der Waals surface area contributed by atoms with Crippen LogP contribution in [0.5, 0.6) is 5.88 Å². The van der Waals surface area contributed by atoms with Crippen LogP contribution in [0, 0.1) is 0 Å². The van der Waals surface area contributed by atoms with Gasteiger partial charge in [0.2, 0.25) is 5.88 Å². The Morgan fingerprint density at radius 2 is 2.19 bits per heavy atom. The molecule has 2 heterocycles. The van der Waals surface area contributed by atoms with Gasteiger partial charge in [-0.05, 0) is 6.07 Å². The standard InChI is InChI=1S/C10H8ClNO4/c1-14-9-6(10-15-2-3-16-10)4-7(11)8(5-13)12-9/h2-5,10H,1H3. The topological polar surface area (TPSA) is 57.7 Å². The third-order valence-corrected chi connectivity index (χ3v) is 2.32. The van der Waals surface area contributed by atoms with Crippen LogP contribution in [0.4, 0.5) is 0 Å². The Balaban J connectivity index is 2.43. The first-order valence-corrected chi connectivity index (χ1v) is 4.79. The van der Waals surface area contributed by atoms with Gasteiger partial charge in [-0.15, -0.1) is 0 Å². The van der Waals surface area contributed by atoms with E-state index in [0.717, 1.165) is 0 Å². The van der Waals surface area contributed by atoms with Crippen molar-refractivity contribution >= 4 is 17.9 Å². The number of rotatable bonds is 3. The van der Waals surface area contributed by atoms with Gasteiger partial charge in [-0.25, -0.2) is 4.98 Å². The van der Waals surface area contributed by atoms with Gasteiger partial charge in [0.15, 0.2) is 6.29 Å². The monoisotopic (exact) mass is 241 g/mol. The van der Waals surface area contributed by atoms with Gasteiger partial charge in [0.25, 0.3) is 6.29 Å². The lowest BCUT2D eigenvalue weighted by Crippen LogP contribution is -2.05. The number of methoxy groups -OCH3 is 1. The maximum absolute atomic E-state index is 10.7. The second kappa shape index (κ2) is 4.40. The van der Waals surface area contributed by atoms with Gasteiger partial charge in [-0.3, -0.25) is 4.79 Å². The summed E-state index contributed by atoms with van der Waals surface area (Å²) in [5.41, 5.74) is 0.649. The number of hydrogen-bond donors (Lipinski definition) is 0. The first-order chi connectivity index (χ1) is 7.76. The minimum Gasteiger partial charge on any atom is -0.481 e. The van der Waals surface area contributed by atoms with Gasteiger partial charge < -0.3 is 14.2 Å². The summed E-state index contributed by atoms with van der Waals surface area (Å²) in [6, 6.07) is 1.54. The van der Waals surface area contributed by atoms with Crippen LogP contribution in [-0.2, 0) is 9.47 Å². The average Bonchev–Trinajstić information content (AvgIpc) is 2.82. The van der Waals surface area contributed by atoms with Crippen LogP contribution in [0.2, 0.25) is 5.02 Å². The third-order valence-electron chi connectivity index (χ3n) is 2.01. The predicted octanol–water partition coefficient (Wildman–Crippen LogP) is 2.07. The summed E-state index contributed by atoms with van der Waals surface area (Å²) < 4.78 is 15.3. The van der Waals surface area contributed by atoms with Crippen LogP contribution in [0.15, 0.2) is 18.6 Å². The molecule has 0 saturated carbocycles. The lowest BCUT2D eigenvalue weighted by Gasteiger charge is -2.14. The van der Waals surface area contributed by atoms with Gasteiger partial charge >= 0.3 is 0 Å². The molecule has 2 rings (SSSR count). The Morgan fingerprint density at radius 1 is 1.50 bits per heavy atom. The molecule has 5 nitrogen and oxygen atoms in total. The number of hydrogen-bond acceptors (Lipinski definition) is 5. The maximum atomic E-state index is 10.7. The van der Waals surface area contributed by atoms with E-state index in [9.17, 15) is 4.79 Å². The summed E-state index contributed by atoms with van der Waals surface area (Å²) >= 11 is 5.86. The fourth-order valence-corrected chi connectivity index (χ4v) is 1.50. The molecule has 0 aromatic carbocycles. The number of nitrogens with zero attached hydrogens (tertiary/aromatic N) is 1. The summed E-state index contributed by atoms with van der Waals surface area (Å²) in [4.78, 5) is 14.6. The molecule has 0 radical (unpaired) electrons. The predicted molar refractivity (Wildman–Crippen MR) is 55.2 cm³/mol. The zero-order valence-corrected chi connectivity index (χ0v) is 9.10. The van der Waals surface area contributed by atoms with Crippen LogP contribution in [-0.4, -0.2) is 18.4 Å². The van der Waals surface area contributed by atoms with Crippen molar-refractivity contribution in [1.82, 2.24) is 4.98 Å². The van der Waals surface area contributed by atoms with Crippen LogP contribution >= 0.6 is 11.6 Å². The number of carbonyl (C=O) groups excluding carboxylic acids is 1. The van der Waals surface area contributed by atoms with E-state index in [0.29, 0.717) is 11.8 Å². The highest BCUT2D eigenvalue weighted by Crippen LogP contribution is 2.32. The van der Waals surface area contributed by atoms with Crippen molar-refractivity contribution in [3.63, 3.8) is 0 Å². The van der Waals surface area contributed by atoms with E-state index >= 15 is 0 Å². The van der Waals surface area contributed by atoms with Gasteiger partial charge in [-0.2, -0.15) is 0 Å². The highest BCUT2D eigenvalue weighted by atomic mass is 35.5. The van der Waals surface area contributed by atoms with Crippen molar-refractivity contribution in [2.24, 2.45) is 0 Å². The van der Waals surface area contributed by atoms with Gasteiger partial charge in [-0.1, -0.05) is 11.6 Å². The molecular weight excluding hydrogens is 234 g/mol. The van der Waals surface area contributed by atoms with E-state index in [1.54, 1.807) is 0 Å². The molecule has 6 heteroatoms. The molecule has 1 aromatic heterocycles. The van der Waals surface area contributed by atoms with Crippen LogP contribution in [0.3, 0.4) is 0 Å². The third kappa shape index (κ3) is 1.81. The number of aldehydes is 1. The number of pyridine rings is 1. The number of ether oxygens (including phenoxy) is 3. The Hall–Kier alpha value is -1.75. The number of carbonyl (C=O) groups is 1. The molecule has 0 bridgehead atoms. The summed E-state index contributed by atoms with van der Waals surface area (Å²) in [6.07, 6.45) is 2.74. The van der Waals surface area contributed by atoms with E-state index in [1.165, 1.54) is 25.7 Å². The largest absolute Gasteiger partial charge is 0.481 e. The van der Waals surface area contributed by atoms with Crippen molar-refractivity contribution in [3.8, 4) is 5.88 Å². The number of aromatic nitrogens is 1. The minimum absolute atomic E-state index is 0.119. The molecule has 1 aliphatic rings. The average molecular weight is 242 g/mol. The summed E-state index contributed by atoms with van der Waals surface area (Å²) in [6.45, 7) is 0. The molecule has 84 valence electrons. The van der Waals surface area contributed by atoms with E-state index in [2.05, 4.69) is 4.98 Å². The van der Waals surface area contributed by atoms with Gasteiger partial charge in [0.1, 0.15) is 18.2 Å². The summed E-state index contributed by atoms with van der Waals surface area (Å²) in [7, 11) is 1.44. The van der Waals surface area contributed by atoms with Crippen molar-refractivity contribution in [3.05, 3.63) is 34.9 Å². The van der Waals surface area contributed by atoms with E-state index < -0.39 is 6.29 Å². The highest BCUT2D eigenvalue weighted by Gasteiger charge is 2.23. The van der Waals surface area contributed by atoms with Gasteiger partial charge in [0.05, 0.1) is 17.7 Å². The SMILES string of the molecule is COc1nc(C=O)c(Cl)cc1C1OC=CO1. The molecular formula is C10H8ClNO4. The zero-order valence-electron chi connectivity index (χ0n) is 8.34. The second-order valence-corrected chi connectivity index (χ2v) is 3.36. The fourth-order valence-electron chi connectivity index (χ4n) is 1.30. The maximum Gasteiger partial charge on any atom is 0.271 e. The molecule has 0 spiro atoms. The first kappa shape index (κ1) is 10.8.